The Morgan fingerprint density at radius 3 is 2.94 bits per heavy atom. The van der Waals surface area contributed by atoms with Crippen molar-refractivity contribution in [3.63, 3.8) is 0 Å². The molecule has 18 heavy (non-hydrogen) atoms. The lowest BCUT2D eigenvalue weighted by molar-refractivity contribution is 0.248. The number of rotatable bonds is 6. The predicted molar refractivity (Wildman–Crippen MR) is 73.6 cm³/mol. The van der Waals surface area contributed by atoms with Crippen molar-refractivity contribution in [2.75, 3.05) is 26.7 Å². The summed E-state index contributed by atoms with van der Waals surface area (Å²) >= 11 is 0. The first-order valence-electron chi connectivity index (χ1n) is 6.40. The van der Waals surface area contributed by atoms with E-state index in [-0.39, 0.29) is 6.61 Å². The molecule has 2 rings (SSSR count). The largest absolute Gasteiger partial charge is 0.396 e. The first-order chi connectivity index (χ1) is 8.70. The lowest BCUT2D eigenvalue weighted by Gasteiger charge is -2.15. The van der Waals surface area contributed by atoms with Crippen LogP contribution in [0.2, 0.25) is 0 Å². The van der Waals surface area contributed by atoms with Crippen LogP contribution in [-0.4, -0.2) is 46.3 Å². The third-order valence-corrected chi connectivity index (χ3v) is 3.27. The number of aliphatic hydroxyl groups excluding tert-OH is 1. The fourth-order valence-corrected chi connectivity index (χ4v) is 2.11. The molecule has 0 unspecified atom stereocenters. The van der Waals surface area contributed by atoms with E-state index >= 15 is 0 Å². The van der Waals surface area contributed by atoms with Gasteiger partial charge in [0.05, 0.1) is 17.4 Å². The first-order valence-corrected chi connectivity index (χ1v) is 6.40. The van der Waals surface area contributed by atoms with Crippen molar-refractivity contribution in [3.05, 3.63) is 30.1 Å². The molecule has 1 aromatic heterocycles. The van der Waals surface area contributed by atoms with Gasteiger partial charge in [-0.15, -0.1) is 0 Å². The topological polar surface area (TPSA) is 41.3 Å². The van der Waals surface area contributed by atoms with E-state index in [1.165, 1.54) is 11.1 Å². The zero-order chi connectivity index (χ0) is 13.0. The van der Waals surface area contributed by atoms with Gasteiger partial charge in [0.1, 0.15) is 0 Å². The van der Waals surface area contributed by atoms with Gasteiger partial charge in [-0.3, -0.25) is 0 Å². The fraction of sp³-hybridized carbons (Fsp3) is 0.500. The molecule has 0 aliphatic carbocycles. The molecule has 1 heterocycles. The number of benzene rings is 1. The second-order valence-electron chi connectivity index (χ2n) is 4.81. The van der Waals surface area contributed by atoms with Crippen molar-refractivity contribution in [3.8, 4) is 0 Å². The van der Waals surface area contributed by atoms with E-state index in [0.717, 1.165) is 31.4 Å². The molecule has 98 valence electrons. The molecule has 0 atom stereocenters. The van der Waals surface area contributed by atoms with Gasteiger partial charge < -0.3 is 14.6 Å². The van der Waals surface area contributed by atoms with E-state index in [1.807, 2.05) is 17.9 Å². The average molecular weight is 247 g/mol. The van der Waals surface area contributed by atoms with Crippen molar-refractivity contribution >= 4 is 11.0 Å². The Hall–Kier alpha value is -1.39. The molecule has 0 fully saturated rings. The molecule has 2 aromatic rings. The summed E-state index contributed by atoms with van der Waals surface area (Å²) < 4.78 is 2.03. The van der Waals surface area contributed by atoms with E-state index in [9.17, 15) is 0 Å². The summed E-state index contributed by atoms with van der Waals surface area (Å²) in [6, 6.07) is 6.46. The predicted octanol–water partition coefficient (Wildman–Crippen LogP) is 1.43. The van der Waals surface area contributed by atoms with E-state index in [4.69, 9.17) is 5.11 Å². The maximum absolute atomic E-state index is 8.78. The minimum atomic E-state index is 0.268. The zero-order valence-corrected chi connectivity index (χ0v) is 11.1. The van der Waals surface area contributed by atoms with Crippen LogP contribution in [0.15, 0.2) is 24.5 Å². The van der Waals surface area contributed by atoms with Crippen LogP contribution in [0.4, 0.5) is 0 Å². The first kappa shape index (κ1) is 13.1. The molecular formula is C14H21N3O. The molecule has 0 bridgehead atoms. The lowest BCUT2D eigenvalue weighted by Crippen LogP contribution is -2.23. The lowest BCUT2D eigenvalue weighted by atomic mass is 10.1. The van der Waals surface area contributed by atoms with Crippen LogP contribution in [0.3, 0.4) is 0 Å². The van der Waals surface area contributed by atoms with E-state index < -0.39 is 0 Å². The molecule has 0 spiro atoms. The molecular weight excluding hydrogens is 226 g/mol. The van der Waals surface area contributed by atoms with E-state index in [2.05, 4.69) is 35.1 Å². The van der Waals surface area contributed by atoms with Crippen molar-refractivity contribution in [1.29, 1.82) is 0 Å². The molecule has 0 aliphatic rings. The number of aryl methyl sites for hydroxylation is 1. The minimum Gasteiger partial charge on any atom is -0.396 e. The number of fused-ring (bicyclic) bond motifs is 1. The summed E-state index contributed by atoms with van der Waals surface area (Å²) in [4.78, 5) is 6.62. The van der Waals surface area contributed by atoms with Crippen LogP contribution < -0.4 is 0 Å². The molecule has 1 N–H and O–H groups in total. The van der Waals surface area contributed by atoms with E-state index in [1.54, 1.807) is 0 Å². The Labute approximate surface area is 108 Å². The summed E-state index contributed by atoms with van der Waals surface area (Å²) in [6.45, 7) is 2.23. The summed E-state index contributed by atoms with van der Waals surface area (Å²) in [7, 11) is 4.10. The Morgan fingerprint density at radius 2 is 2.17 bits per heavy atom. The molecule has 4 heteroatoms. The van der Waals surface area contributed by atoms with Gasteiger partial charge in [-0.25, -0.2) is 4.98 Å². The summed E-state index contributed by atoms with van der Waals surface area (Å²) in [6.07, 6.45) is 3.71. The number of aliphatic hydroxyl groups is 1. The Kier molecular flexibility index (Phi) is 4.33. The Bertz CT molecular complexity index is 507. The molecule has 4 nitrogen and oxygen atoms in total. The second-order valence-corrected chi connectivity index (χ2v) is 4.81. The van der Waals surface area contributed by atoms with Gasteiger partial charge in [-0.05, 0) is 37.6 Å². The molecule has 0 saturated carbocycles. The van der Waals surface area contributed by atoms with Gasteiger partial charge >= 0.3 is 0 Å². The standard InChI is InChI=1S/C14H21N3O/c1-16(7-3-9-18)8-6-12-4-5-14-13(10-12)15-11-17(14)2/h4-5,10-11,18H,3,6-9H2,1-2H3. The number of likely N-dealkylation sites (N-methyl/N-ethyl adjacent to an activating group) is 1. The molecule has 1 aromatic carbocycles. The second kappa shape index (κ2) is 5.98. The fourth-order valence-electron chi connectivity index (χ4n) is 2.11. The molecule has 0 saturated heterocycles. The van der Waals surface area contributed by atoms with Gasteiger partial charge in [-0.1, -0.05) is 6.07 Å². The molecule has 0 aliphatic heterocycles. The van der Waals surface area contributed by atoms with Gasteiger partial charge in [-0.2, -0.15) is 0 Å². The molecule has 0 radical (unpaired) electrons. The maximum Gasteiger partial charge on any atom is 0.0955 e. The van der Waals surface area contributed by atoms with Crippen LogP contribution in [0.1, 0.15) is 12.0 Å². The van der Waals surface area contributed by atoms with Gasteiger partial charge in [0.2, 0.25) is 0 Å². The molecule has 0 amide bonds. The Morgan fingerprint density at radius 1 is 1.33 bits per heavy atom. The van der Waals surface area contributed by atoms with Crippen LogP contribution in [-0.2, 0) is 13.5 Å². The Balaban J connectivity index is 1.95. The highest BCUT2D eigenvalue weighted by Crippen LogP contribution is 2.14. The van der Waals surface area contributed by atoms with Crippen LogP contribution in [0.25, 0.3) is 11.0 Å². The van der Waals surface area contributed by atoms with Gasteiger partial charge in [0, 0.05) is 26.7 Å². The number of aromatic nitrogens is 2. The summed E-state index contributed by atoms with van der Waals surface area (Å²) in [5.41, 5.74) is 3.55. The van der Waals surface area contributed by atoms with Gasteiger partial charge in [0.25, 0.3) is 0 Å². The highest BCUT2D eigenvalue weighted by molar-refractivity contribution is 5.75. The van der Waals surface area contributed by atoms with Crippen LogP contribution in [0.5, 0.6) is 0 Å². The van der Waals surface area contributed by atoms with Gasteiger partial charge in [0.15, 0.2) is 0 Å². The van der Waals surface area contributed by atoms with E-state index in [0.29, 0.717) is 0 Å². The minimum absolute atomic E-state index is 0.268. The normalized spacial score (nSPS) is 11.6. The zero-order valence-electron chi connectivity index (χ0n) is 11.1. The number of nitrogens with zero attached hydrogens (tertiary/aromatic N) is 3. The summed E-state index contributed by atoms with van der Waals surface area (Å²) in [5.74, 6) is 0. The number of hydrogen-bond donors (Lipinski definition) is 1. The quantitative estimate of drug-likeness (QED) is 0.839. The third-order valence-electron chi connectivity index (χ3n) is 3.27. The maximum atomic E-state index is 8.78. The van der Waals surface area contributed by atoms with Crippen molar-refractivity contribution in [2.45, 2.75) is 12.8 Å². The highest BCUT2D eigenvalue weighted by atomic mass is 16.3. The van der Waals surface area contributed by atoms with Crippen molar-refractivity contribution < 1.29 is 5.11 Å². The van der Waals surface area contributed by atoms with Crippen LogP contribution in [0, 0.1) is 0 Å². The van der Waals surface area contributed by atoms with Crippen LogP contribution >= 0.6 is 0 Å². The van der Waals surface area contributed by atoms with Crippen molar-refractivity contribution in [2.24, 2.45) is 7.05 Å². The number of hydrogen-bond acceptors (Lipinski definition) is 3. The third kappa shape index (κ3) is 3.09. The monoisotopic (exact) mass is 247 g/mol. The average Bonchev–Trinajstić information content (AvgIpc) is 2.75. The smallest absolute Gasteiger partial charge is 0.0955 e. The SMILES string of the molecule is CN(CCCO)CCc1ccc2c(c1)ncn2C. The van der Waals surface area contributed by atoms with Crippen molar-refractivity contribution in [1.82, 2.24) is 14.5 Å². The number of imidazole rings is 1. The highest BCUT2D eigenvalue weighted by Gasteiger charge is 2.03. The summed E-state index contributed by atoms with van der Waals surface area (Å²) in [5, 5.41) is 8.78.